The van der Waals surface area contributed by atoms with Crippen LogP contribution in [0.25, 0.3) is 0 Å². The molecule has 0 aromatic carbocycles. The van der Waals surface area contributed by atoms with Gasteiger partial charge in [-0.3, -0.25) is 19.6 Å². The Bertz CT molecular complexity index is 807. The van der Waals surface area contributed by atoms with Crippen LogP contribution in [0.2, 0.25) is 0 Å². The van der Waals surface area contributed by atoms with Gasteiger partial charge < -0.3 is 29.8 Å². The number of aromatic amines is 4. The van der Waals surface area contributed by atoms with Gasteiger partial charge in [0.2, 0.25) is 0 Å². The summed E-state index contributed by atoms with van der Waals surface area (Å²) in [5.74, 6) is -3.18. The first-order chi connectivity index (χ1) is 10.2. The monoisotopic (exact) mass is 324 g/mol. The van der Waals surface area contributed by atoms with Crippen molar-refractivity contribution in [2.24, 2.45) is 0 Å². The standard InChI is InChI=1S/2C5H4N2O4.2Li/c2*8-3-1-2(4(9)10)6-5(11)7-3;;/h2*1H,(H,9,10)(H2,6,7,8,11);;/q;;2*+1/p-2. The predicted octanol–water partition coefficient (Wildman–Crippen LogP) is -11.1. The number of nitrogens with one attached hydrogen (secondary N) is 4. The number of hydrogen-bond donors (Lipinski definition) is 4. The third-order valence-corrected chi connectivity index (χ3v) is 1.96. The minimum Gasteiger partial charge on any atom is -0.543 e. The number of carbonyl (C=O) groups excluding carboxylic acids is 2. The first-order valence-electron chi connectivity index (χ1n) is 5.29. The van der Waals surface area contributed by atoms with E-state index in [-0.39, 0.29) is 37.7 Å². The van der Waals surface area contributed by atoms with Crippen LogP contribution in [0.15, 0.2) is 31.3 Å². The molecule has 14 heteroatoms. The second kappa shape index (κ2) is 10.3. The molecule has 24 heavy (non-hydrogen) atoms. The average Bonchev–Trinajstić information content (AvgIpc) is 2.37. The van der Waals surface area contributed by atoms with Crippen LogP contribution in [0.3, 0.4) is 0 Å². The molecule has 0 amide bonds. The zero-order valence-corrected chi connectivity index (χ0v) is 12.4. The van der Waals surface area contributed by atoms with Crippen LogP contribution in [-0.2, 0) is 0 Å². The van der Waals surface area contributed by atoms with Gasteiger partial charge in [-0.05, 0) is 0 Å². The number of carboxylic acids is 2. The van der Waals surface area contributed by atoms with Crippen molar-refractivity contribution in [3.63, 3.8) is 0 Å². The topological polar surface area (TPSA) is 212 Å². The van der Waals surface area contributed by atoms with Crippen LogP contribution >= 0.6 is 0 Å². The summed E-state index contributed by atoms with van der Waals surface area (Å²) in [6, 6.07) is 1.47. The number of aromatic nitrogens is 4. The smallest absolute Gasteiger partial charge is 0.543 e. The summed E-state index contributed by atoms with van der Waals surface area (Å²) in [7, 11) is 0. The average molecular weight is 324 g/mol. The first-order valence-corrected chi connectivity index (χ1v) is 5.29. The van der Waals surface area contributed by atoms with E-state index in [2.05, 4.69) is 0 Å². The zero-order chi connectivity index (χ0) is 16.9. The van der Waals surface area contributed by atoms with Gasteiger partial charge in [-0.1, -0.05) is 0 Å². The molecule has 0 aliphatic heterocycles. The molecule has 2 rings (SSSR count). The maximum atomic E-state index is 10.4. The Kier molecular flexibility index (Phi) is 10.2. The van der Waals surface area contributed by atoms with E-state index < -0.39 is 45.8 Å². The van der Waals surface area contributed by atoms with E-state index in [1.165, 1.54) is 0 Å². The molecule has 12 nitrogen and oxygen atoms in total. The Hall–Kier alpha value is -2.51. The molecule has 0 aliphatic rings. The Morgan fingerprint density at radius 3 is 1.17 bits per heavy atom. The van der Waals surface area contributed by atoms with E-state index in [1.54, 1.807) is 0 Å². The minimum atomic E-state index is -1.59. The Morgan fingerprint density at radius 2 is 0.958 bits per heavy atom. The van der Waals surface area contributed by atoms with Gasteiger partial charge in [-0.15, -0.1) is 0 Å². The van der Waals surface area contributed by atoms with Gasteiger partial charge in [-0.2, -0.15) is 0 Å². The first kappa shape index (κ1) is 23.8. The SMILES string of the molecule is O=C([O-])c1cc(=O)[nH]c(=O)[nH]1.O=C([O-])c1cc(=O)[nH]c(=O)[nH]1.[Li+].[Li+]. The number of carboxylic acid groups (broad SMARTS) is 2. The summed E-state index contributed by atoms with van der Waals surface area (Å²) in [5.41, 5.74) is -4.33. The molecule has 0 saturated heterocycles. The van der Waals surface area contributed by atoms with Gasteiger partial charge in [0, 0.05) is 12.1 Å². The molecule has 116 valence electrons. The fraction of sp³-hybridized carbons (Fsp3) is 0. The Balaban J connectivity index is 0. The molecule has 2 heterocycles. The second-order valence-electron chi connectivity index (χ2n) is 3.58. The van der Waals surface area contributed by atoms with Crippen molar-refractivity contribution in [2.75, 3.05) is 0 Å². The van der Waals surface area contributed by atoms with E-state index in [0.29, 0.717) is 0 Å². The number of aromatic carboxylic acids is 2. The normalized spacial score (nSPS) is 8.67. The summed E-state index contributed by atoms with van der Waals surface area (Å²) < 4.78 is 0. The van der Waals surface area contributed by atoms with Crippen LogP contribution in [0, 0.1) is 0 Å². The van der Waals surface area contributed by atoms with Crippen molar-refractivity contribution in [1.82, 2.24) is 19.9 Å². The van der Waals surface area contributed by atoms with Crippen molar-refractivity contribution in [1.29, 1.82) is 0 Å². The summed E-state index contributed by atoms with van der Waals surface area (Å²) >= 11 is 0. The summed E-state index contributed by atoms with van der Waals surface area (Å²) in [6.07, 6.45) is 0. The molecule has 4 N–H and O–H groups in total. The van der Waals surface area contributed by atoms with Crippen LogP contribution in [0.5, 0.6) is 0 Å². The molecule has 0 spiro atoms. The molecule has 0 saturated carbocycles. The van der Waals surface area contributed by atoms with E-state index in [4.69, 9.17) is 0 Å². The molecule has 2 aromatic rings. The molecular weight excluding hydrogens is 318 g/mol. The van der Waals surface area contributed by atoms with Crippen molar-refractivity contribution in [3.8, 4) is 0 Å². The van der Waals surface area contributed by atoms with Gasteiger partial charge in [0.1, 0.15) is 0 Å². The van der Waals surface area contributed by atoms with Crippen LogP contribution in [0.1, 0.15) is 21.0 Å². The summed E-state index contributed by atoms with van der Waals surface area (Å²) in [5, 5.41) is 20.1. The third kappa shape index (κ3) is 7.67. The molecule has 0 radical (unpaired) electrons. The fourth-order valence-corrected chi connectivity index (χ4v) is 1.16. The number of carbonyl (C=O) groups is 2. The quantitative estimate of drug-likeness (QED) is 0.388. The van der Waals surface area contributed by atoms with E-state index in [9.17, 15) is 39.0 Å². The number of H-pyrrole nitrogens is 4. The fourth-order valence-electron chi connectivity index (χ4n) is 1.16. The predicted molar refractivity (Wildman–Crippen MR) is 64.0 cm³/mol. The van der Waals surface area contributed by atoms with Crippen LogP contribution in [-0.4, -0.2) is 31.9 Å². The number of hydrogen-bond acceptors (Lipinski definition) is 8. The van der Waals surface area contributed by atoms with Crippen molar-refractivity contribution >= 4 is 11.9 Å². The molecule has 0 atom stereocenters. The van der Waals surface area contributed by atoms with Crippen LogP contribution < -0.4 is 70.4 Å². The molecule has 0 fully saturated rings. The third-order valence-electron chi connectivity index (χ3n) is 1.96. The van der Waals surface area contributed by atoms with Gasteiger partial charge in [0.05, 0.1) is 23.3 Å². The maximum absolute atomic E-state index is 10.4. The minimum absolute atomic E-state index is 0. The Morgan fingerprint density at radius 1 is 0.667 bits per heavy atom. The molecule has 0 unspecified atom stereocenters. The Labute approximate surface area is 154 Å². The van der Waals surface area contributed by atoms with Gasteiger partial charge in [0.25, 0.3) is 11.1 Å². The molecule has 0 aliphatic carbocycles. The van der Waals surface area contributed by atoms with Gasteiger partial charge in [0.15, 0.2) is 0 Å². The van der Waals surface area contributed by atoms with E-state index in [0.717, 1.165) is 12.1 Å². The van der Waals surface area contributed by atoms with E-state index >= 15 is 0 Å². The molecule has 0 bridgehead atoms. The van der Waals surface area contributed by atoms with Crippen molar-refractivity contribution in [3.05, 3.63) is 65.2 Å². The van der Waals surface area contributed by atoms with Gasteiger partial charge >= 0.3 is 49.1 Å². The summed E-state index contributed by atoms with van der Waals surface area (Å²) in [4.78, 5) is 69.2. The molecular formula is C10H6Li2N4O8. The largest absolute Gasteiger partial charge is 1.00 e. The van der Waals surface area contributed by atoms with Gasteiger partial charge in [-0.25, -0.2) is 9.59 Å². The van der Waals surface area contributed by atoms with Crippen molar-refractivity contribution in [2.45, 2.75) is 0 Å². The number of rotatable bonds is 2. The second-order valence-corrected chi connectivity index (χ2v) is 3.58. The van der Waals surface area contributed by atoms with Crippen molar-refractivity contribution < 1.29 is 57.5 Å². The molecule has 2 aromatic heterocycles. The maximum Gasteiger partial charge on any atom is 1.00 e. The van der Waals surface area contributed by atoms with Crippen LogP contribution in [0.4, 0.5) is 0 Å². The summed E-state index contributed by atoms with van der Waals surface area (Å²) in [6.45, 7) is 0. The zero-order valence-electron chi connectivity index (χ0n) is 12.4. The van der Waals surface area contributed by atoms with E-state index in [1.807, 2.05) is 19.9 Å².